The van der Waals surface area contributed by atoms with E-state index in [2.05, 4.69) is 0 Å². The van der Waals surface area contributed by atoms with E-state index in [-0.39, 0.29) is 5.76 Å². The molecule has 0 amide bonds. The Bertz CT molecular complexity index is 757. The number of aromatic nitrogens is 1. The highest BCUT2D eigenvalue weighted by molar-refractivity contribution is 6.35. The summed E-state index contributed by atoms with van der Waals surface area (Å²) in [5, 5.41) is 10.5. The van der Waals surface area contributed by atoms with Crippen molar-refractivity contribution in [3.8, 4) is 0 Å². The van der Waals surface area contributed by atoms with Crippen molar-refractivity contribution in [2.45, 2.75) is 6.54 Å². The lowest BCUT2D eigenvalue weighted by Gasteiger charge is -2.02. The molecule has 0 atom stereocenters. The lowest BCUT2D eigenvalue weighted by Crippen LogP contribution is -1.97. The Kier molecular flexibility index (Phi) is 2.80. The van der Waals surface area contributed by atoms with Gasteiger partial charge in [0.1, 0.15) is 5.76 Å². The fraction of sp³-hybridized carbons (Fsp3) is 0.0714. The number of fused-ring (bicyclic) bond motifs is 1. The van der Waals surface area contributed by atoms with Crippen molar-refractivity contribution in [3.63, 3.8) is 0 Å². The van der Waals surface area contributed by atoms with Gasteiger partial charge in [-0.2, -0.15) is 0 Å². The summed E-state index contributed by atoms with van der Waals surface area (Å²) >= 11 is 6.15. The van der Waals surface area contributed by atoms with Crippen molar-refractivity contribution in [2.24, 2.45) is 0 Å². The van der Waals surface area contributed by atoms with E-state index >= 15 is 0 Å². The topological polar surface area (TPSA) is 55.4 Å². The number of carboxylic acid groups (broad SMARTS) is 1. The number of hydrogen-bond acceptors (Lipinski definition) is 2. The monoisotopic (exact) mass is 275 g/mol. The molecule has 5 heteroatoms. The molecular weight excluding hydrogens is 266 g/mol. The van der Waals surface area contributed by atoms with Crippen LogP contribution in [-0.2, 0) is 6.54 Å². The SMILES string of the molecule is O=C(O)c1ccc(Cn2cc(Cl)c3ccccc32)o1. The van der Waals surface area contributed by atoms with E-state index in [9.17, 15) is 4.79 Å². The Morgan fingerprint density at radius 2 is 2.05 bits per heavy atom. The number of para-hydroxylation sites is 1. The molecule has 0 aliphatic carbocycles. The molecule has 19 heavy (non-hydrogen) atoms. The van der Waals surface area contributed by atoms with Crippen molar-refractivity contribution in [1.29, 1.82) is 0 Å². The highest BCUT2D eigenvalue weighted by Gasteiger charge is 2.11. The van der Waals surface area contributed by atoms with Crippen LogP contribution in [0.25, 0.3) is 10.9 Å². The molecule has 0 unspecified atom stereocenters. The Labute approximate surface area is 113 Å². The van der Waals surface area contributed by atoms with Crippen LogP contribution >= 0.6 is 11.6 Å². The maximum atomic E-state index is 10.8. The molecule has 3 aromatic rings. The molecule has 0 radical (unpaired) electrons. The highest BCUT2D eigenvalue weighted by Crippen LogP contribution is 2.26. The molecule has 1 N–H and O–H groups in total. The maximum absolute atomic E-state index is 10.8. The van der Waals surface area contributed by atoms with Crippen LogP contribution in [0, 0.1) is 0 Å². The zero-order valence-corrected chi connectivity index (χ0v) is 10.6. The van der Waals surface area contributed by atoms with Crippen LogP contribution in [0.4, 0.5) is 0 Å². The van der Waals surface area contributed by atoms with E-state index in [0.717, 1.165) is 10.9 Å². The molecule has 4 nitrogen and oxygen atoms in total. The maximum Gasteiger partial charge on any atom is 0.371 e. The minimum absolute atomic E-state index is 0.0578. The van der Waals surface area contributed by atoms with Gasteiger partial charge < -0.3 is 14.1 Å². The Morgan fingerprint density at radius 3 is 2.79 bits per heavy atom. The molecular formula is C14H10ClNO3. The standard InChI is InChI=1S/C14H10ClNO3/c15-11-8-16(12-4-2-1-3-10(11)12)7-9-5-6-13(19-9)14(17)18/h1-6,8H,7H2,(H,17,18). The fourth-order valence-electron chi connectivity index (χ4n) is 2.08. The van der Waals surface area contributed by atoms with E-state index < -0.39 is 5.97 Å². The Balaban J connectivity index is 1.98. The number of halogens is 1. The molecule has 0 spiro atoms. The highest BCUT2D eigenvalue weighted by atomic mass is 35.5. The zero-order valence-electron chi connectivity index (χ0n) is 9.84. The Morgan fingerprint density at radius 1 is 1.26 bits per heavy atom. The minimum Gasteiger partial charge on any atom is -0.475 e. The van der Waals surface area contributed by atoms with Crippen molar-refractivity contribution < 1.29 is 14.3 Å². The molecule has 0 saturated heterocycles. The zero-order chi connectivity index (χ0) is 13.4. The number of hydrogen-bond donors (Lipinski definition) is 1. The minimum atomic E-state index is -1.07. The summed E-state index contributed by atoms with van der Waals surface area (Å²) in [5.41, 5.74) is 0.987. The smallest absolute Gasteiger partial charge is 0.371 e. The molecule has 2 heterocycles. The van der Waals surface area contributed by atoms with Crippen LogP contribution in [0.2, 0.25) is 5.02 Å². The lowest BCUT2D eigenvalue weighted by molar-refractivity contribution is 0.0660. The largest absolute Gasteiger partial charge is 0.475 e. The molecule has 96 valence electrons. The summed E-state index contributed by atoms with van der Waals surface area (Å²) in [5.74, 6) is -0.547. The van der Waals surface area contributed by atoms with Gasteiger partial charge in [0.15, 0.2) is 0 Å². The quantitative estimate of drug-likeness (QED) is 0.794. The first-order chi connectivity index (χ1) is 9.15. The van der Waals surface area contributed by atoms with E-state index in [1.807, 2.05) is 35.0 Å². The summed E-state index contributed by atoms with van der Waals surface area (Å²) in [4.78, 5) is 10.8. The number of carbonyl (C=O) groups is 1. The number of rotatable bonds is 3. The molecule has 0 aliphatic heterocycles. The predicted octanol–water partition coefficient (Wildman–Crippen LogP) is 3.63. The molecule has 0 aliphatic rings. The molecule has 2 aromatic heterocycles. The summed E-state index contributed by atoms with van der Waals surface area (Å²) < 4.78 is 7.18. The third kappa shape index (κ3) is 2.11. The Hall–Kier alpha value is -2.20. The third-order valence-corrected chi connectivity index (χ3v) is 3.24. The van der Waals surface area contributed by atoms with Gasteiger partial charge in [-0.3, -0.25) is 0 Å². The second-order valence-corrected chi connectivity index (χ2v) is 4.60. The van der Waals surface area contributed by atoms with Gasteiger partial charge in [-0.1, -0.05) is 29.8 Å². The molecule has 0 bridgehead atoms. The van der Waals surface area contributed by atoms with Gasteiger partial charge in [0.05, 0.1) is 11.6 Å². The number of furan rings is 1. The summed E-state index contributed by atoms with van der Waals surface area (Å²) in [7, 11) is 0. The van der Waals surface area contributed by atoms with Crippen molar-refractivity contribution in [1.82, 2.24) is 4.57 Å². The van der Waals surface area contributed by atoms with Crippen molar-refractivity contribution >= 4 is 28.5 Å². The van der Waals surface area contributed by atoms with Crippen molar-refractivity contribution in [3.05, 3.63) is 59.1 Å². The van der Waals surface area contributed by atoms with Gasteiger partial charge in [-0.05, 0) is 18.2 Å². The molecule has 3 rings (SSSR count). The predicted molar refractivity (Wildman–Crippen MR) is 71.7 cm³/mol. The number of nitrogens with zero attached hydrogens (tertiary/aromatic N) is 1. The third-order valence-electron chi connectivity index (χ3n) is 2.94. The average molecular weight is 276 g/mol. The summed E-state index contributed by atoms with van der Waals surface area (Å²) in [6, 6.07) is 10.9. The fourth-order valence-corrected chi connectivity index (χ4v) is 2.36. The average Bonchev–Trinajstić information content (AvgIpc) is 2.97. The molecule has 0 saturated carbocycles. The first-order valence-corrected chi connectivity index (χ1v) is 6.08. The number of aromatic carboxylic acids is 1. The van der Waals surface area contributed by atoms with E-state index in [1.165, 1.54) is 6.07 Å². The molecule has 0 fully saturated rings. The normalized spacial score (nSPS) is 11.0. The van der Waals surface area contributed by atoms with Crippen LogP contribution in [0.5, 0.6) is 0 Å². The van der Waals surface area contributed by atoms with Gasteiger partial charge in [0.25, 0.3) is 0 Å². The summed E-state index contributed by atoms with van der Waals surface area (Å²) in [6.07, 6.45) is 1.81. The van der Waals surface area contributed by atoms with Crippen LogP contribution in [0.1, 0.15) is 16.3 Å². The van der Waals surface area contributed by atoms with Crippen LogP contribution < -0.4 is 0 Å². The van der Waals surface area contributed by atoms with Gasteiger partial charge in [0.2, 0.25) is 5.76 Å². The van der Waals surface area contributed by atoms with Gasteiger partial charge in [-0.25, -0.2) is 4.79 Å². The first-order valence-electron chi connectivity index (χ1n) is 5.70. The van der Waals surface area contributed by atoms with Gasteiger partial charge >= 0.3 is 5.97 Å². The molecule has 1 aromatic carbocycles. The van der Waals surface area contributed by atoms with E-state index in [4.69, 9.17) is 21.1 Å². The number of carboxylic acids is 1. The van der Waals surface area contributed by atoms with Crippen LogP contribution in [0.3, 0.4) is 0 Å². The van der Waals surface area contributed by atoms with Crippen molar-refractivity contribution in [2.75, 3.05) is 0 Å². The van der Waals surface area contributed by atoms with Gasteiger partial charge in [-0.15, -0.1) is 0 Å². The van der Waals surface area contributed by atoms with Gasteiger partial charge in [0, 0.05) is 17.1 Å². The second kappa shape index (κ2) is 4.48. The first kappa shape index (κ1) is 11.9. The van der Waals surface area contributed by atoms with E-state index in [1.54, 1.807) is 6.07 Å². The second-order valence-electron chi connectivity index (χ2n) is 4.19. The van der Waals surface area contributed by atoms with E-state index in [0.29, 0.717) is 17.3 Å². The lowest BCUT2D eigenvalue weighted by atomic mass is 10.2. The number of benzene rings is 1. The van der Waals surface area contributed by atoms with Crippen LogP contribution in [-0.4, -0.2) is 15.6 Å². The van der Waals surface area contributed by atoms with Crippen LogP contribution in [0.15, 0.2) is 47.0 Å². The summed E-state index contributed by atoms with van der Waals surface area (Å²) in [6.45, 7) is 0.445.